The Labute approximate surface area is 100 Å². The third kappa shape index (κ3) is 2.52. The molecule has 0 aliphatic heterocycles. The second kappa shape index (κ2) is 5.28. The lowest BCUT2D eigenvalue weighted by Crippen LogP contribution is -1.96. The van der Waals surface area contributed by atoms with Crippen molar-refractivity contribution in [2.24, 2.45) is 0 Å². The Hall–Kier alpha value is -1.12. The highest BCUT2D eigenvalue weighted by atomic mass is 35.5. The summed E-state index contributed by atoms with van der Waals surface area (Å²) < 4.78 is 5.47. The molecule has 0 amide bonds. The predicted molar refractivity (Wildman–Crippen MR) is 66.7 cm³/mol. The number of hydrogen-bond acceptors (Lipinski definition) is 2. The number of benzene rings is 1. The molecule has 1 aromatic carbocycles. The van der Waals surface area contributed by atoms with Crippen molar-refractivity contribution >= 4 is 22.5 Å². The van der Waals surface area contributed by atoms with Gasteiger partial charge in [-0.2, -0.15) is 0 Å². The van der Waals surface area contributed by atoms with Crippen molar-refractivity contribution in [3.63, 3.8) is 0 Å². The molecule has 84 valence electrons. The van der Waals surface area contributed by atoms with Gasteiger partial charge in [-0.05, 0) is 18.6 Å². The van der Waals surface area contributed by atoms with Gasteiger partial charge in [0.05, 0.1) is 12.1 Å². The van der Waals surface area contributed by atoms with E-state index >= 15 is 0 Å². The molecule has 0 saturated carbocycles. The Bertz CT molecular complexity index is 484. The molecule has 0 atom stereocenters. The van der Waals surface area contributed by atoms with Crippen molar-refractivity contribution in [2.45, 2.75) is 20.0 Å². The number of pyridine rings is 1. The van der Waals surface area contributed by atoms with E-state index in [1.165, 1.54) is 0 Å². The van der Waals surface area contributed by atoms with Gasteiger partial charge >= 0.3 is 0 Å². The summed E-state index contributed by atoms with van der Waals surface area (Å²) in [4.78, 5) is 4.34. The Morgan fingerprint density at radius 1 is 1.31 bits per heavy atom. The van der Waals surface area contributed by atoms with Gasteiger partial charge in [-0.25, -0.2) is 4.98 Å². The van der Waals surface area contributed by atoms with E-state index in [0.717, 1.165) is 29.5 Å². The zero-order valence-corrected chi connectivity index (χ0v) is 10.00. The number of para-hydroxylation sites is 1. The number of fused-ring (bicyclic) bond motifs is 1. The lowest BCUT2D eigenvalue weighted by atomic mass is 10.2. The fourth-order valence-electron chi connectivity index (χ4n) is 1.56. The average molecular weight is 236 g/mol. The van der Waals surface area contributed by atoms with Gasteiger partial charge in [0.15, 0.2) is 0 Å². The smallest absolute Gasteiger partial charge is 0.135 e. The lowest BCUT2D eigenvalue weighted by Gasteiger charge is -2.06. The molecule has 3 heteroatoms. The molecule has 2 aromatic rings. The van der Waals surface area contributed by atoms with Crippen LogP contribution in [-0.4, -0.2) is 11.6 Å². The normalized spacial score (nSPS) is 10.9. The molecule has 1 heterocycles. The Morgan fingerprint density at radius 2 is 2.12 bits per heavy atom. The molecule has 0 aliphatic rings. The lowest BCUT2D eigenvalue weighted by molar-refractivity contribution is 0.121. The van der Waals surface area contributed by atoms with Crippen LogP contribution < -0.4 is 0 Å². The Morgan fingerprint density at radius 3 is 2.94 bits per heavy atom. The number of hydrogen-bond donors (Lipinski definition) is 0. The van der Waals surface area contributed by atoms with Crippen LogP contribution in [0.25, 0.3) is 10.9 Å². The first kappa shape index (κ1) is 11.4. The van der Waals surface area contributed by atoms with Gasteiger partial charge in [0.2, 0.25) is 0 Å². The van der Waals surface area contributed by atoms with E-state index in [0.29, 0.717) is 11.8 Å². The highest BCUT2D eigenvalue weighted by molar-refractivity contribution is 6.30. The van der Waals surface area contributed by atoms with Gasteiger partial charge in [0, 0.05) is 17.6 Å². The second-order valence-corrected chi connectivity index (χ2v) is 4.04. The van der Waals surface area contributed by atoms with Crippen LogP contribution in [0.3, 0.4) is 0 Å². The number of aromatic nitrogens is 1. The minimum absolute atomic E-state index is 0.532. The molecular formula is C13H14ClNO. The first-order valence-corrected chi connectivity index (χ1v) is 5.81. The third-order valence-electron chi connectivity index (χ3n) is 2.36. The molecule has 0 fully saturated rings. The number of rotatable bonds is 4. The topological polar surface area (TPSA) is 22.1 Å². The molecule has 0 radical (unpaired) electrons. The first-order chi connectivity index (χ1) is 7.81. The minimum atomic E-state index is 0.532. The highest BCUT2D eigenvalue weighted by Crippen LogP contribution is 2.20. The molecule has 0 bridgehead atoms. The summed E-state index contributed by atoms with van der Waals surface area (Å²) in [6, 6.07) is 9.98. The van der Waals surface area contributed by atoms with Gasteiger partial charge < -0.3 is 4.74 Å². The summed E-state index contributed by atoms with van der Waals surface area (Å²) in [5.74, 6) is 0. The zero-order valence-electron chi connectivity index (χ0n) is 9.24. The van der Waals surface area contributed by atoms with Crippen LogP contribution in [0.5, 0.6) is 0 Å². The molecule has 0 N–H and O–H groups in total. The molecule has 2 nitrogen and oxygen atoms in total. The van der Waals surface area contributed by atoms with E-state index in [9.17, 15) is 0 Å². The van der Waals surface area contributed by atoms with Crippen LogP contribution >= 0.6 is 11.6 Å². The van der Waals surface area contributed by atoms with Gasteiger partial charge in [-0.15, -0.1) is 0 Å². The molecule has 0 spiro atoms. The van der Waals surface area contributed by atoms with Crippen molar-refractivity contribution < 1.29 is 4.74 Å². The van der Waals surface area contributed by atoms with Crippen molar-refractivity contribution in [1.29, 1.82) is 0 Å². The highest BCUT2D eigenvalue weighted by Gasteiger charge is 2.04. The molecule has 0 aliphatic carbocycles. The summed E-state index contributed by atoms with van der Waals surface area (Å²) in [5.41, 5.74) is 1.88. The van der Waals surface area contributed by atoms with E-state index in [-0.39, 0.29) is 0 Å². The zero-order chi connectivity index (χ0) is 11.4. The van der Waals surface area contributed by atoms with Crippen LogP contribution in [0.1, 0.15) is 18.9 Å². The third-order valence-corrected chi connectivity index (χ3v) is 2.68. The predicted octanol–water partition coefficient (Wildman–Crippen LogP) is 3.81. The second-order valence-electron chi connectivity index (χ2n) is 3.68. The molecule has 16 heavy (non-hydrogen) atoms. The minimum Gasteiger partial charge on any atom is -0.377 e. The molecule has 1 aromatic heterocycles. The standard InChI is InChI=1S/C13H14ClNO/c1-2-7-16-9-11-8-10-5-3-4-6-12(10)15-13(11)14/h3-6,8H,2,7,9H2,1H3. The monoisotopic (exact) mass is 235 g/mol. The van der Waals surface area contributed by atoms with Gasteiger partial charge in [-0.1, -0.05) is 36.7 Å². The SMILES string of the molecule is CCCOCc1cc2ccccc2nc1Cl. The summed E-state index contributed by atoms with van der Waals surface area (Å²) in [5, 5.41) is 1.64. The fourth-order valence-corrected chi connectivity index (χ4v) is 1.76. The number of halogens is 1. The van der Waals surface area contributed by atoms with E-state index in [1.807, 2.05) is 30.3 Å². The molecule has 2 rings (SSSR count). The average Bonchev–Trinajstić information content (AvgIpc) is 2.30. The quantitative estimate of drug-likeness (QED) is 0.594. The van der Waals surface area contributed by atoms with Crippen molar-refractivity contribution in [3.8, 4) is 0 Å². The van der Waals surface area contributed by atoms with Crippen LogP contribution in [0.2, 0.25) is 5.15 Å². The summed E-state index contributed by atoms with van der Waals surface area (Å²) in [7, 11) is 0. The number of nitrogens with zero attached hydrogens (tertiary/aromatic N) is 1. The van der Waals surface area contributed by atoms with Gasteiger partial charge in [0.1, 0.15) is 5.15 Å². The maximum Gasteiger partial charge on any atom is 0.135 e. The summed E-state index contributed by atoms with van der Waals surface area (Å²) >= 11 is 6.09. The first-order valence-electron chi connectivity index (χ1n) is 5.43. The summed E-state index contributed by atoms with van der Waals surface area (Å²) in [6.45, 7) is 3.37. The molecular weight excluding hydrogens is 222 g/mol. The van der Waals surface area contributed by atoms with Crippen molar-refractivity contribution in [1.82, 2.24) is 4.98 Å². The maximum atomic E-state index is 6.09. The Balaban J connectivity index is 2.27. The number of ether oxygens (including phenoxy) is 1. The summed E-state index contributed by atoms with van der Waals surface area (Å²) in [6.07, 6.45) is 1.01. The van der Waals surface area contributed by atoms with Gasteiger partial charge in [-0.3, -0.25) is 0 Å². The van der Waals surface area contributed by atoms with E-state index < -0.39 is 0 Å². The largest absolute Gasteiger partial charge is 0.377 e. The van der Waals surface area contributed by atoms with E-state index in [1.54, 1.807) is 0 Å². The van der Waals surface area contributed by atoms with Crippen LogP contribution in [-0.2, 0) is 11.3 Å². The Kier molecular flexibility index (Phi) is 3.75. The van der Waals surface area contributed by atoms with Crippen molar-refractivity contribution in [2.75, 3.05) is 6.61 Å². The van der Waals surface area contributed by atoms with Crippen LogP contribution in [0.15, 0.2) is 30.3 Å². The molecule has 0 saturated heterocycles. The van der Waals surface area contributed by atoms with E-state index in [2.05, 4.69) is 11.9 Å². The maximum absolute atomic E-state index is 6.09. The van der Waals surface area contributed by atoms with Crippen molar-refractivity contribution in [3.05, 3.63) is 41.0 Å². The molecule has 0 unspecified atom stereocenters. The van der Waals surface area contributed by atoms with Crippen LogP contribution in [0.4, 0.5) is 0 Å². The van der Waals surface area contributed by atoms with Gasteiger partial charge in [0.25, 0.3) is 0 Å². The van der Waals surface area contributed by atoms with E-state index in [4.69, 9.17) is 16.3 Å². The fraction of sp³-hybridized carbons (Fsp3) is 0.308. The van der Waals surface area contributed by atoms with Crippen LogP contribution in [0, 0.1) is 0 Å².